The normalized spacial score (nSPS) is 27.0. The predicted octanol–water partition coefficient (Wildman–Crippen LogP) is 12.8. The van der Waals surface area contributed by atoms with Crippen molar-refractivity contribution in [1.82, 2.24) is 5.32 Å². The Morgan fingerprint density at radius 2 is 0.697 bits per heavy atom. The maximum Gasteiger partial charge on any atom is 0.220 e. The Kier molecular flexibility index (Phi) is 55.3. The second-order valence-electron chi connectivity index (χ2n) is 28.2. The smallest absolute Gasteiger partial charge is 0.220 e. The number of aliphatic hydroxyl groups is 11. The van der Waals surface area contributed by atoms with Gasteiger partial charge in [-0.2, -0.15) is 0 Å². The van der Waals surface area contributed by atoms with Crippen LogP contribution >= 0.6 is 0 Å². The van der Waals surface area contributed by atoms with Crippen molar-refractivity contribution in [2.24, 2.45) is 0 Å². The summed E-state index contributed by atoms with van der Waals surface area (Å²) in [5.41, 5.74) is 0. The maximum atomic E-state index is 13.5. The second-order valence-corrected chi connectivity index (χ2v) is 28.2. The standard InChI is InChI=1S/C80H143NO18/c1-3-5-7-9-11-13-15-17-19-21-23-25-27-29-30-31-32-34-36-38-40-42-44-46-48-50-52-54-56-58-68(86)81-63(64(85)57-55-53-51-49-47-45-43-41-39-37-35-33-28-26-24-22-20-18-16-14-12-10-8-6-4-2)62-94-78-74(92)71(89)76(66(60-83)96-78)99-80-75(93)72(90)77(67(61-84)97-80)98-79-73(91)70(88)69(87)65(59-82)95-79/h5,7,11,13,17,19,23,25,29-30,32,34,63-67,69-80,82-85,87-93H,3-4,6,8-10,12,14-16,18,20-22,24,26-28,31,33,35-62H2,1-2H3,(H,81,86)/b7-5-,13-11-,19-17-,25-23-,30-29-,34-32-. The number of hydrogen-bond donors (Lipinski definition) is 12. The molecule has 19 nitrogen and oxygen atoms in total. The minimum atomic E-state index is -1.98. The third-order valence-corrected chi connectivity index (χ3v) is 19.5. The van der Waals surface area contributed by atoms with E-state index in [0.29, 0.717) is 12.8 Å². The Hall–Kier alpha value is -2.77. The first-order chi connectivity index (χ1) is 48.3. The highest BCUT2D eigenvalue weighted by Crippen LogP contribution is 2.33. The molecule has 0 aliphatic carbocycles. The Labute approximate surface area is 598 Å². The van der Waals surface area contributed by atoms with Gasteiger partial charge in [0, 0.05) is 6.42 Å². The van der Waals surface area contributed by atoms with E-state index in [-0.39, 0.29) is 18.9 Å². The van der Waals surface area contributed by atoms with Gasteiger partial charge >= 0.3 is 0 Å². The van der Waals surface area contributed by atoms with Gasteiger partial charge in [-0.05, 0) is 64.2 Å². The molecule has 12 N–H and O–H groups in total. The monoisotopic (exact) mass is 1410 g/mol. The van der Waals surface area contributed by atoms with E-state index in [1.54, 1.807) is 0 Å². The van der Waals surface area contributed by atoms with Crippen LogP contribution in [0.1, 0.15) is 296 Å². The average Bonchev–Trinajstić information content (AvgIpc) is 0.785. The molecule has 0 saturated carbocycles. The molecule has 3 saturated heterocycles. The fraction of sp³-hybridized carbons (Fsp3) is 0.838. The van der Waals surface area contributed by atoms with E-state index >= 15 is 0 Å². The van der Waals surface area contributed by atoms with E-state index in [1.165, 1.54) is 167 Å². The summed E-state index contributed by atoms with van der Waals surface area (Å²) in [4.78, 5) is 13.5. The molecule has 17 unspecified atom stereocenters. The molecule has 3 heterocycles. The Morgan fingerprint density at radius 1 is 0.374 bits per heavy atom. The number of amides is 1. The molecule has 0 spiro atoms. The highest BCUT2D eigenvalue weighted by Gasteiger charge is 2.54. The first kappa shape index (κ1) is 90.4. The quantitative estimate of drug-likeness (QED) is 0.0199. The van der Waals surface area contributed by atoms with Crippen LogP contribution in [0, 0.1) is 0 Å². The average molecular weight is 1410 g/mol. The molecule has 0 aromatic heterocycles. The Bertz CT molecular complexity index is 2070. The van der Waals surface area contributed by atoms with Crippen molar-refractivity contribution in [2.75, 3.05) is 26.4 Å². The summed E-state index contributed by atoms with van der Waals surface area (Å²) in [5.74, 6) is -0.247. The maximum absolute atomic E-state index is 13.5. The topological polar surface area (TPSA) is 307 Å². The third kappa shape index (κ3) is 40.9. The summed E-state index contributed by atoms with van der Waals surface area (Å²) < 4.78 is 34.5. The first-order valence-electron chi connectivity index (χ1n) is 39.7. The van der Waals surface area contributed by atoms with Crippen LogP contribution < -0.4 is 5.32 Å². The Morgan fingerprint density at radius 3 is 1.09 bits per heavy atom. The number of nitrogens with one attached hydrogen (secondary N) is 1. The van der Waals surface area contributed by atoms with Gasteiger partial charge in [0.1, 0.15) is 73.2 Å². The second kappa shape index (κ2) is 60.5. The van der Waals surface area contributed by atoms with Crippen molar-refractivity contribution in [3.8, 4) is 0 Å². The van der Waals surface area contributed by atoms with Crippen LogP contribution in [0.4, 0.5) is 0 Å². The first-order valence-corrected chi connectivity index (χ1v) is 39.7. The van der Waals surface area contributed by atoms with Crippen LogP contribution in [0.5, 0.6) is 0 Å². The molecule has 0 aromatic carbocycles. The zero-order chi connectivity index (χ0) is 71.8. The van der Waals surface area contributed by atoms with Crippen LogP contribution in [-0.4, -0.2) is 193 Å². The lowest BCUT2D eigenvalue weighted by molar-refractivity contribution is -0.379. The number of aliphatic hydroxyl groups excluding tert-OH is 11. The van der Waals surface area contributed by atoms with E-state index in [9.17, 15) is 61.0 Å². The van der Waals surface area contributed by atoms with Gasteiger partial charge in [-0.15, -0.1) is 0 Å². The zero-order valence-electron chi connectivity index (χ0n) is 61.5. The molecule has 3 aliphatic rings. The number of carbonyl (C=O) groups is 1. The molecule has 1 amide bonds. The lowest BCUT2D eigenvalue weighted by Gasteiger charge is -2.48. The number of hydrogen-bond acceptors (Lipinski definition) is 18. The minimum Gasteiger partial charge on any atom is -0.394 e. The Balaban J connectivity index is 1.38. The number of unbranched alkanes of at least 4 members (excludes halogenated alkanes) is 34. The van der Waals surface area contributed by atoms with Crippen LogP contribution in [-0.2, 0) is 33.2 Å². The van der Waals surface area contributed by atoms with Crippen molar-refractivity contribution in [1.29, 1.82) is 0 Å². The lowest BCUT2D eigenvalue weighted by atomic mass is 9.96. The van der Waals surface area contributed by atoms with E-state index < -0.39 is 124 Å². The molecule has 3 rings (SSSR count). The molecule has 576 valence electrons. The molecule has 17 atom stereocenters. The van der Waals surface area contributed by atoms with Crippen molar-refractivity contribution in [3.63, 3.8) is 0 Å². The number of allylic oxidation sites excluding steroid dienone is 12. The molecule has 99 heavy (non-hydrogen) atoms. The summed E-state index contributed by atoms with van der Waals surface area (Å²) in [6, 6.07) is -0.896. The molecule has 0 bridgehead atoms. The van der Waals surface area contributed by atoms with Crippen molar-refractivity contribution in [2.45, 2.75) is 401 Å². The van der Waals surface area contributed by atoms with Crippen molar-refractivity contribution < 1.29 is 89.4 Å². The van der Waals surface area contributed by atoms with Crippen LogP contribution in [0.2, 0.25) is 0 Å². The molecule has 19 heteroatoms. The van der Waals surface area contributed by atoms with Crippen LogP contribution in [0.3, 0.4) is 0 Å². The number of ether oxygens (including phenoxy) is 6. The summed E-state index contributed by atoms with van der Waals surface area (Å²) in [5, 5.41) is 121. The van der Waals surface area contributed by atoms with Gasteiger partial charge < -0.3 is 89.9 Å². The SMILES string of the molecule is CC/C=C\C/C=C\C/C=C\C/C=C\C/C=C\C/C=C\CCCCCCCCCCCCC(=O)NC(COC1OC(CO)C(OC2OC(CO)C(OC3OC(CO)C(O)C(O)C3O)C(O)C2O)C(O)C1O)C(O)CCCCCCCCCCCCCCCCCCCCCCCCCCC. The number of carbonyl (C=O) groups excluding carboxylic acids is 1. The van der Waals surface area contributed by atoms with Gasteiger partial charge in [-0.25, -0.2) is 0 Å². The van der Waals surface area contributed by atoms with Gasteiger partial charge in [0.2, 0.25) is 5.91 Å². The molecule has 3 aliphatic heterocycles. The van der Waals surface area contributed by atoms with Gasteiger partial charge in [-0.1, -0.05) is 299 Å². The van der Waals surface area contributed by atoms with Gasteiger partial charge in [0.15, 0.2) is 18.9 Å². The molecule has 0 radical (unpaired) electrons. The molecule has 0 aromatic rings. The lowest BCUT2D eigenvalue weighted by Crippen LogP contribution is -2.66. The third-order valence-electron chi connectivity index (χ3n) is 19.5. The molecule has 3 fully saturated rings. The summed E-state index contributed by atoms with van der Waals surface area (Å²) >= 11 is 0. The summed E-state index contributed by atoms with van der Waals surface area (Å²) in [6.45, 7) is 1.72. The minimum absolute atomic E-state index is 0.247. The van der Waals surface area contributed by atoms with Gasteiger partial charge in [0.05, 0.1) is 38.6 Å². The van der Waals surface area contributed by atoms with E-state index in [1.807, 2.05) is 0 Å². The zero-order valence-corrected chi connectivity index (χ0v) is 61.5. The van der Waals surface area contributed by atoms with E-state index in [0.717, 1.165) is 96.3 Å². The fourth-order valence-corrected chi connectivity index (χ4v) is 13.2. The van der Waals surface area contributed by atoms with Gasteiger partial charge in [-0.3, -0.25) is 4.79 Å². The summed E-state index contributed by atoms with van der Waals surface area (Å²) in [6.07, 6.45) is 51.2. The molecular formula is C80H143NO18. The van der Waals surface area contributed by atoms with Crippen LogP contribution in [0.15, 0.2) is 72.9 Å². The van der Waals surface area contributed by atoms with Crippen molar-refractivity contribution in [3.05, 3.63) is 72.9 Å². The van der Waals surface area contributed by atoms with E-state index in [2.05, 4.69) is 92.1 Å². The highest BCUT2D eigenvalue weighted by atomic mass is 16.8. The molecular weight excluding hydrogens is 1260 g/mol. The van der Waals surface area contributed by atoms with Crippen molar-refractivity contribution >= 4 is 5.91 Å². The van der Waals surface area contributed by atoms with Gasteiger partial charge in [0.25, 0.3) is 0 Å². The predicted molar refractivity (Wildman–Crippen MR) is 392 cm³/mol. The van der Waals surface area contributed by atoms with Crippen LogP contribution in [0.25, 0.3) is 0 Å². The largest absolute Gasteiger partial charge is 0.394 e. The van der Waals surface area contributed by atoms with E-state index in [4.69, 9.17) is 28.4 Å². The summed E-state index contributed by atoms with van der Waals surface area (Å²) in [7, 11) is 0. The fourth-order valence-electron chi connectivity index (χ4n) is 13.2. The number of rotatable bonds is 62. The highest BCUT2D eigenvalue weighted by molar-refractivity contribution is 5.76.